The van der Waals surface area contributed by atoms with Crippen LogP contribution in [0.2, 0.25) is 0 Å². The third-order valence-corrected chi connectivity index (χ3v) is 3.65. The van der Waals surface area contributed by atoms with Gasteiger partial charge in [-0.05, 0) is 29.8 Å². The zero-order chi connectivity index (χ0) is 12.5. The Morgan fingerprint density at radius 2 is 2.11 bits per heavy atom. The molecule has 0 aliphatic heterocycles. The van der Waals surface area contributed by atoms with E-state index < -0.39 is 0 Å². The van der Waals surface area contributed by atoms with E-state index in [2.05, 4.69) is 10.4 Å². The molecule has 5 heteroatoms. The van der Waals surface area contributed by atoms with Gasteiger partial charge in [0.2, 0.25) is 0 Å². The van der Waals surface area contributed by atoms with Crippen LogP contribution < -0.4 is 4.74 Å². The van der Waals surface area contributed by atoms with E-state index in [9.17, 15) is 0 Å². The van der Waals surface area contributed by atoms with Gasteiger partial charge in [0.05, 0.1) is 25.1 Å². The van der Waals surface area contributed by atoms with E-state index >= 15 is 0 Å². The molecule has 0 bridgehead atoms. The molecule has 0 saturated heterocycles. The largest absolute Gasteiger partial charge is 0.497 e. The normalized spacial score (nSPS) is 11.0. The predicted molar refractivity (Wildman–Crippen MR) is 71.0 cm³/mol. The second-order valence-electron chi connectivity index (χ2n) is 3.89. The molecule has 0 unspecified atom stereocenters. The Kier molecular flexibility index (Phi) is 2.77. The van der Waals surface area contributed by atoms with Gasteiger partial charge in [-0.1, -0.05) is 0 Å². The molecule has 4 nitrogen and oxygen atoms in total. The topological polar surface area (TPSA) is 46.8 Å². The lowest BCUT2D eigenvalue weighted by atomic mass is 10.2. The first-order chi connectivity index (χ1) is 8.81. The summed E-state index contributed by atoms with van der Waals surface area (Å²) in [7, 11) is 1.65. The molecule has 0 aliphatic carbocycles. The number of thiazole rings is 1. The van der Waals surface area contributed by atoms with Crippen LogP contribution in [0.4, 0.5) is 0 Å². The maximum atomic E-state index is 9.10. The van der Waals surface area contributed by atoms with Crippen LogP contribution in [0.5, 0.6) is 5.75 Å². The van der Waals surface area contributed by atoms with Crippen molar-refractivity contribution in [2.45, 2.75) is 6.61 Å². The minimum atomic E-state index is -0.0313. The highest BCUT2D eigenvalue weighted by Crippen LogP contribution is 2.27. The quantitative estimate of drug-likeness (QED) is 0.787. The number of methoxy groups -OCH3 is 1. The molecule has 3 rings (SSSR count). The van der Waals surface area contributed by atoms with Crippen molar-refractivity contribution in [3.8, 4) is 17.0 Å². The third-order valence-electron chi connectivity index (χ3n) is 2.81. The van der Waals surface area contributed by atoms with Gasteiger partial charge < -0.3 is 9.84 Å². The van der Waals surface area contributed by atoms with Crippen molar-refractivity contribution in [2.24, 2.45) is 0 Å². The highest BCUT2D eigenvalue weighted by atomic mass is 32.1. The highest BCUT2D eigenvalue weighted by Gasteiger charge is 2.09. The molecule has 92 valence electrons. The number of hydrogen-bond donors (Lipinski definition) is 1. The molecular formula is C13H12N2O2S. The first-order valence-electron chi connectivity index (χ1n) is 5.52. The number of rotatable bonds is 3. The van der Waals surface area contributed by atoms with Crippen molar-refractivity contribution in [1.82, 2.24) is 9.38 Å². The van der Waals surface area contributed by atoms with E-state index in [1.54, 1.807) is 18.4 Å². The van der Waals surface area contributed by atoms with Crippen molar-refractivity contribution in [3.63, 3.8) is 0 Å². The van der Waals surface area contributed by atoms with Crippen molar-refractivity contribution >= 4 is 16.3 Å². The van der Waals surface area contributed by atoms with Gasteiger partial charge in [0.15, 0.2) is 4.96 Å². The summed E-state index contributed by atoms with van der Waals surface area (Å²) in [5.74, 6) is 0.840. The monoisotopic (exact) mass is 260 g/mol. The molecule has 0 aliphatic rings. The van der Waals surface area contributed by atoms with E-state index in [1.165, 1.54) is 0 Å². The van der Waals surface area contributed by atoms with Crippen molar-refractivity contribution in [3.05, 3.63) is 41.5 Å². The van der Waals surface area contributed by atoms with Crippen molar-refractivity contribution < 1.29 is 9.84 Å². The second kappa shape index (κ2) is 4.44. The molecule has 0 fully saturated rings. The van der Waals surface area contributed by atoms with Crippen LogP contribution in [0, 0.1) is 0 Å². The second-order valence-corrected chi connectivity index (χ2v) is 4.73. The molecule has 1 N–H and O–H groups in total. The van der Waals surface area contributed by atoms with E-state index in [1.807, 2.05) is 34.9 Å². The maximum Gasteiger partial charge on any atom is 0.194 e. The molecule has 1 aromatic carbocycles. The van der Waals surface area contributed by atoms with E-state index in [4.69, 9.17) is 9.84 Å². The first-order valence-corrected chi connectivity index (χ1v) is 6.40. The molecule has 0 spiro atoms. The van der Waals surface area contributed by atoms with Gasteiger partial charge in [-0.25, -0.2) is 4.98 Å². The minimum absolute atomic E-state index is 0.0313. The Bertz CT molecular complexity index is 670. The van der Waals surface area contributed by atoms with Crippen LogP contribution in [-0.2, 0) is 6.61 Å². The van der Waals surface area contributed by atoms with Crippen molar-refractivity contribution in [1.29, 1.82) is 0 Å². The molecule has 0 saturated carbocycles. The summed E-state index contributed by atoms with van der Waals surface area (Å²) in [4.78, 5) is 5.21. The van der Waals surface area contributed by atoms with Gasteiger partial charge in [0.25, 0.3) is 0 Å². The average molecular weight is 260 g/mol. The molecule has 3 aromatic rings. The summed E-state index contributed by atoms with van der Waals surface area (Å²) in [6, 6.07) is 7.89. The van der Waals surface area contributed by atoms with Crippen LogP contribution in [0.15, 0.2) is 35.8 Å². The lowest BCUT2D eigenvalue weighted by Gasteiger charge is -2.02. The van der Waals surface area contributed by atoms with Gasteiger partial charge in [0, 0.05) is 11.6 Å². The number of aliphatic hydroxyl groups excluding tert-OH is 1. The van der Waals surface area contributed by atoms with Crippen LogP contribution >= 0.6 is 11.3 Å². The lowest BCUT2D eigenvalue weighted by Crippen LogP contribution is -1.86. The molecule has 18 heavy (non-hydrogen) atoms. The number of nitrogens with zero attached hydrogens (tertiary/aromatic N) is 2. The Morgan fingerprint density at radius 1 is 1.33 bits per heavy atom. The fourth-order valence-corrected chi connectivity index (χ4v) is 2.78. The van der Waals surface area contributed by atoms with Gasteiger partial charge in [-0.2, -0.15) is 0 Å². The highest BCUT2D eigenvalue weighted by molar-refractivity contribution is 7.15. The summed E-state index contributed by atoms with van der Waals surface area (Å²) in [5.41, 5.74) is 2.87. The van der Waals surface area contributed by atoms with Crippen LogP contribution in [0.1, 0.15) is 5.69 Å². The lowest BCUT2D eigenvalue weighted by molar-refractivity contribution is 0.277. The minimum Gasteiger partial charge on any atom is -0.497 e. The van der Waals surface area contributed by atoms with Gasteiger partial charge >= 0.3 is 0 Å². The number of hydrogen-bond acceptors (Lipinski definition) is 4. The van der Waals surface area contributed by atoms with Crippen LogP contribution in [0.3, 0.4) is 0 Å². The van der Waals surface area contributed by atoms with Crippen LogP contribution in [0.25, 0.3) is 16.2 Å². The standard InChI is InChI=1S/C13H12N2O2S/c1-17-11-4-2-9(3-5-11)12-8-18-13-14-10(7-16)6-15(12)13/h2-6,8,16H,7H2,1H3. The Balaban J connectivity index is 2.09. The smallest absolute Gasteiger partial charge is 0.194 e. The molecule has 0 atom stereocenters. The van der Waals surface area contributed by atoms with E-state index in [0.717, 1.165) is 22.0 Å². The number of benzene rings is 1. The SMILES string of the molecule is COc1ccc(-c2csc3nc(CO)cn23)cc1. The van der Waals surface area contributed by atoms with Gasteiger partial charge in [-0.3, -0.25) is 4.40 Å². The molecular weight excluding hydrogens is 248 g/mol. The predicted octanol–water partition coefficient (Wildman–Crippen LogP) is 2.56. The molecule has 2 heterocycles. The van der Waals surface area contributed by atoms with E-state index in [-0.39, 0.29) is 6.61 Å². The van der Waals surface area contributed by atoms with Gasteiger partial charge in [0.1, 0.15) is 5.75 Å². The summed E-state index contributed by atoms with van der Waals surface area (Å²) in [5, 5.41) is 11.2. The molecule has 0 radical (unpaired) electrons. The Hall–Kier alpha value is -1.85. The first kappa shape index (κ1) is 11.3. The van der Waals surface area contributed by atoms with Crippen molar-refractivity contribution in [2.75, 3.05) is 7.11 Å². The summed E-state index contributed by atoms with van der Waals surface area (Å²) >= 11 is 1.56. The summed E-state index contributed by atoms with van der Waals surface area (Å²) in [6.45, 7) is -0.0313. The number of aliphatic hydroxyl groups is 1. The average Bonchev–Trinajstić information content (AvgIpc) is 2.98. The number of imidazole rings is 1. The fraction of sp³-hybridized carbons (Fsp3) is 0.154. The summed E-state index contributed by atoms with van der Waals surface area (Å²) in [6.07, 6.45) is 1.87. The Labute approximate surface area is 108 Å². The fourth-order valence-electron chi connectivity index (χ4n) is 1.88. The Morgan fingerprint density at radius 3 is 2.78 bits per heavy atom. The number of fused-ring (bicyclic) bond motifs is 1. The number of aromatic nitrogens is 2. The molecule has 2 aromatic heterocycles. The number of ether oxygens (including phenoxy) is 1. The molecule has 0 amide bonds. The third kappa shape index (κ3) is 1.77. The van der Waals surface area contributed by atoms with Crippen LogP contribution in [-0.4, -0.2) is 21.6 Å². The zero-order valence-corrected chi connectivity index (χ0v) is 10.6. The summed E-state index contributed by atoms with van der Waals surface area (Å²) < 4.78 is 7.14. The van der Waals surface area contributed by atoms with E-state index in [0.29, 0.717) is 5.69 Å². The van der Waals surface area contributed by atoms with Gasteiger partial charge in [-0.15, -0.1) is 11.3 Å². The maximum absolute atomic E-state index is 9.10. The zero-order valence-electron chi connectivity index (χ0n) is 9.83.